The Labute approximate surface area is 117 Å². The summed E-state index contributed by atoms with van der Waals surface area (Å²) in [5.74, 6) is -2.52. The molecular weight excluding hydrogens is 291 g/mol. The van der Waals surface area contributed by atoms with Crippen molar-refractivity contribution in [3.8, 4) is 0 Å². The highest BCUT2D eigenvalue weighted by Gasteiger charge is 2.14. The number of carbonyl (C=O) groups is 2. The Morgan fingerprint density at radius 1 is 1.45 bits per heavy atom. The number of hydrogen-bond acceptors (Lipinski definition) is 4. The summed E-state index contributed by atoms with van der Waals surface area (Å²) in [7, 11) is 0. The minimum absolute atomic E-state index is 0.0628. The summed E-state index contributed by atoms with van der Waals surface area (Å²) in [6, 6.07) is 3.78. The highest BCUT2D eigenvalue weighted by Crippen LogP contribution is 2.19. The van der Waals surface area contributed by atoms with Crippen LogP contribution in [0.3, 0.4) is 0 Å². The summed E-state index contributed by atoms with van der Waals surface area (Å²) in [4.78, 5) is 22.2. The number of carboxylic acid groups (broad SMARTS) is 1. The molecule has 20 heavy (non-hydrogen) atoms. The van der Waals surface area contributed by atoms with E-state index in [9.17, 15) is 14.0 Å². The number of carbonyl (C=O) groups excluding carboxylic acids is 1. The molecule has 9 heteroatoms. The molecule has 2 N–H and O–H groups in total. The van der Waals surface area contributed by atoms with Gasteiger partial charge in [-0.25, -0.2) is 9.07 Å². The van der Waals surface area contributed by atoms with Gasteiger partial charge in [-0.3, -0.25) is 9.59 Å². The van der Waals surface area contributed by atoms with E-state index in [0.29, 0.717) is 0 Å². The van der Waals surface area contributed by atoms with E-state index in [2.05, 4.69) is 15.6 Å². The van der Waals surface area contributed by atoms with Crippen LogP contribution in [-0.4, -0.2) is 32.0 Å². The summed E-state index contributed by atoms with van der Waals surface area (Å²) in [5.41, 5.74) is -0.187. The van der Waals surface area contributed by atoms with E-state index in [-0.39, 0.29) is 16.4 Å². The van der Waals surface area contributed by atoms with Crippen LogP contribution < -0.4 is 5.32 Å². The third-order valence-electron chi connectivity index (χ3n) is 2.25. The van der Waals surface area contributed by atoms with Crippen molar-refractivity contribution in [2.75, 3.05) is 5.32 Å². The molecule has 0 atom stereocenters. The predicted octanol–water partition coefficient (Wildman–Crippen LogP) is 1.41. The van der Waals surface area contributed by atoms with E-state index in [4.69, 9.17) is 16.7 Å². The molecule has 1 aromatic heterocycles. The lowest BCUT2D eigenvalue weighted by Gasteiger charge is -2.04. The average molecular weight is 299 g/mol. The van der Waals surface area contributed by atoms with Crippen molar-refractivity contribution in [2.24, 2.45) is 0 Å². The summed E-state index contributed by atoms with van der Waals surface area (Å²) < 4.78 is 14.5. The third-order valence-corrected chi connectivity index (χ3v) is 2.48. The fourth-order valence-corrected chi connectivity index (χ4v) is 1.55. The lowest BCUT2D eigenvalue weighted by Crippen LogP contribution is -2.13. The van der Waals surface area contributed by atoms with Gasteiger partial charge in [-0.2, -0.15) is 0 Å². The van der Waals surface area contributed by atoms with Crippen molar-refractivity contribution in [3.63, 3.8) is 0 Å². The van der Waals surface area contributed by atoms with Gasteiger partial charge in [0.2, 0.25) is 0 Å². The number of nitrogens with zero attached hydrogens (tertiary/aromatic N) is 3. The maximum absolute atomic E-state index is 13.5. The molecular formula is C11H8ClFN4O3. The molecule has 0 aliphatic carbocycles. The van der Waals surface area contributed by atoms with Crippen LogP contribution in [0, 0.1) is 5.82 Å². The average Bonchev–Trinajstić information content (AvgIpc) is 2.80. The number of nitrogens with one attached hydrogen (secondary N) is 1. The van der Waals surface area contributed by atoms with Gasteiger partial charge in [-0.05, 0) is 18.2 Å². The second kappa shape index (κ2) is 5.66. The van der Waals surface area contributed by atoms with Crippen LogP contribution in [0.15, 0.2) is 24.4 Å². The minimum atomic E-state index is -1.12. The lowest BCUT2D eigenvalue weighted by atomic mass is 10.3. The molecule has 1 heterocycles. The molecule has 1 amide bonds. The van der Waals surface area contributed by atoms with Crippen LogP contribution in [0.4, 0.5) is 10.1 Å². The Morgan fingerprint density at radius 2 is 2.20 bits per heavy atom. The molecule has 104 valence electrons. The number of amides is 1. The van der Waals surface area contributed by atoms with E-state index >= 15 is 0 Å². The molecule has 7 nitrogen and oxygen atoms in total. The van der Waals surface area contributed by atoms with E-state index in [1.165, 1.54) is 12.1 Å². The lowest BCUT2D eigenvalue weighted by molar-refractivity contribution is -0.137. The maximum Gasteiger partial charge on any atom is 0.325 e. The maximum atomic E-state index is 13.5. The molecule has 2 aromatic rings. The van der Waals surface area contributed by atoms with Crippen molar-refractivity contribution in [3.05, 3.63) is 40.9 Å². The van der Waals surface area contributed by atoms with Crippen LogP contribution in [-0.2, 0) is 11.3 Å². The van der Waals surface area contributed by atoms with Gasteiger partial charge in [0.15, 0.2) is 5.69 Å². The van der Waals surface area contributed by atoms with Crippen molar-refractivity contribution in [1.29, 1.82) is 0 Å². The largest absolute Gasteiger partial charge is 0.480 e. The molecule has 0 spiro atoms. The van der Waals surface area contributed by atoms with Gasteiger partial charge in [-0.1, -0.05) is 16.8 Å². The molecule has 0 aliphatic heterocycles. The first-order valence-corrected chi connectivity index (χ1v) is 5.72. The Morgan fingerprint density at radius 3 is 2.85 bits per heavy atom. The van der Waals surface area contributed by atoms with Gasteiger partial charge >= 0.3 is 5.97 Å². The molecule has 0 aliphatic rings. The van der Waals surface area contributed by atoms with Gasteiger partial charge in [-0.15, -0.1) is 5.10 Å². The zero-order chi connectivity index (χ0) is 14.7. The highest BCUT2D eigenvalue weighted by atomic mass is 35.5. The first kappa shape index (κ1) is 13.9. The zero-order valence-electron chi connectivity index (χ0n) is 9.88. The molecule has 0 radical (unpaired) electrons. The van der Waals surface area contributed by atoms with E-state index in [1.54, 1.807) is 0 Å². The molecule has 2 rings (SSSR count). The molecule has 0 bridgehead atoms. The molecule has 1 aromatic carbocycles. The number of anilines is 1. The van der Waals surface area contributed by atoms with Crippen molar-refractivity contribution in [1.82, 2.24) is 15.0 Å². The smallest absolute Gasteiger partial charge is 0.325 e. The van der Waals surface area contributed by atoms with Crippen LogP contribution in [0.1, 0.15) is 10.5 Å². The zero-order valence-corrected chi connectivity index (χ0v) is 10.6. The first-order chi connectivity index (χ1) is 9.45. The second-order valence-corrected chi connectivity index (χ2v) is 4.21. The van der Waals surface area contributed by atoms with Gasteiger partial charge < -0.3 is 10.4 Å². The number of aliphatic carboxylic acids is 1. The van der Waals surface area contributed by atoms with Crippen LogP contribution >= 0.6 is 11.6 Å². The highest BCUT2D eigenvalue weighted by molar-refractivity contribution is 6.30. The SMILES string of the molecule is O=C(O)Cn1cc(C(=O)Nc2ccc(Cl)cc2F)nn1. The second-order valence-electron chi connectivity index (χ2n) is 3.77. The number of hydrogen-bond donors (Lipinski definition) is 2. The van der Waals surface area contributed by atoms with Crippen molar-refractivity contribution in [2.45, 2.75) is 6.54 Å². The Kier molecular flexibility index (Phi) is 3.94. The number of halogens is 2. The third kappa shape index (κ3) is 3.29. The van der Waals surface area contributed by atoms with Crippen LogP contribution in [0.2, 0.25) is 5.02 Å². The summed E-state index contributed by atoms with van der Waals surface area (Å²) in [5, 5.41) is 18.0. The molecule has 0 saturated carbocycles. The van der Waals surface area contributed by atoms with Gasteiger partial charge in [0.25, 0.3) is 5.91 Å². The standard InChI is InChI=1S/C11H8ClFN4O3/c12-6-1-2-8(7(13)3-6)14-11(20)9-4-17(16-15-9)5-10(18)19/h1-4H,5H2,(H,14,20)(H,18,19). The van der Waals surface area contributed by atoms with Gasteiger partial charge in [0.1, 0.15) is 12.4 Å². The van der Waals surface area contributed by atoms with Crippen molar-refractivity contribution >= 4 is 29.2 Å². The fraction of sp³-hybridized carbons (Fsp3) is 0.0909. The number of carboxylic acids is 1. The summed E-state index contributed by atoms with van der Waals surface area (Å²) in [6.45, 7) is -0.421. The molecule has 0 unspecified atom stereocenters. The van der Waals surface area contributed by atoms with E-state index in [1.807, 2.05) is 0 Å². The minimum Gasteiger partial charge on any atom is -0.480 e. The van der Waals surface area contributed by atoms with Crippen LogP contribution in [0.5, 0.6) is 0 Å². The van der Waals surface area contributed by atoms with Crippen molar-refractivity contribution < 1.29 is 19.1 Å². The van der Waals surface area contributed by atoms with Gasteiger partial charge in [0, 0.05) is 5.02 Å². The van der Waals surface area contributed by atoms with E-state index in [0.717, 1.165) is 16.9 Å². The molecule has 0 saturated heterocycles. The fourth-order valence-electron chi connectivity index (χ4n) is 1.40. The quantitative estimate of drug-likeness (QED) is 0.889. The summed E-state index contributed by atoms with van der Waals surface area (Å²) >= 11 is 5.59. The van der Waals surface area contributed by atoms with Crippen LogP contribution in [0.25, 0.3) is 0 Å². The number of aromatic nitrogens is 3. The topological polar surface area (TPSA) is 97.1 Å². The normalized spacial score (nSPS) is 10.3. The first-order valence-electron chi connectivity index (χ1n) is 5.34. The summed E-state index contributed by atoms with van der Waals surface area (Å²) in [6.07, 6.45) is 1.15. The number of benzene rings is 1. The van der Waals surface area contributed by atoms with Gasteiger partial charge in [0.05, 0.1) is 11.9 Å². The predicted molar refractivity (Wildman–Crippen MR) is 67.0 cm³/mol. The Balaban J connectivity index is 2.11. The number of rotatable bonds is 4. The Bertz CT molecular complexity index is 673. The van der Waals surface area contributed by atoms with E-state index < -0.39 is 24.2 Å². The monoisotopic (exact) mass is 298 g/mol. The molecule has 0 fully saturated rings. The Hall–Kier alpha value is -2.48.